The standard InChI is InChI=1S/C26H23NO7/c1-16-5-10-21(17(2)12-16)27-14-19(13-24(27)29)25(30)33-15-22(28)18-6-8-20(9-7-18)34-26(31)23-4-3-11-32-23/h3-12,19H,13-15H2,1-2H3/t19-/m0/s1. The molecule has 0 saturated carbocycles. The summed E-state index contributed by atoms with van der Waals surface area (Å²) in [6, 6.07) is 14.7. The van der Waals surface area contributed by atoms with Gasteiger partial charge in [0.2, 0.25) is 11.7 Å². The molecule has 174 valence electrons. The van der Waals surface area contributed by atoms with Crippen LogP contribution in [0.3, 0.4) is 0 Å². The third-order valence-corrected chi connectivity index (χ3v) is 5.56. The van der Waals surface area contributed by atoms with E-state index < -0.39 is 30.2 Å². The number of ether oxygens (including phenoxy) is 2. The fourth-order valence-electron chi connectivity index (χ4n) is 3.81. The van der Waals surface area contributed by atoms with Gasteiger partial charge in [0.05, 0.1) is 12.2 Å². The fraction of sp³-hybridized carbons (Fsp3) is 0.231. The molecule has 4 rings (SSSR count). The van der Waals surface area contributed by atoms with Crippen molar-refractivity contribution in [1.29, 1.82) is 0 Å². The maximum atomic E-state index is 12.5. The van der Waals surface area contributed by atoms with E-state index in [-0.39, 0.29) is 30.4 Å². The second-order valence-corrected chi connectivity index (χ2v) is 8.12. The van der Waals surface area contributed by atoms with E-state index in [1.807, 2.05) is 32.0 Å². The number of Topliss-reactive ketones (excluding diaryl/α,β-unsaturated/α-hetero) is 1. The van der Waals surface area contributed by atoms with Gasteiger partial charge in [-0.25, -0.2) is 4.79 Å². The number of nitrogens with zero attached hydrogens (tertiary/aromatic N) is 1. The molecule has 8 nitrogen and oxygen atoms in total. The Morgan fingerprint density at radius 1 is 1.06 bits per heavy atom. The van der Waals surface area contributed by atoms with Crippen LogP contribution in [0.4, 0.5) is 5.69 Å². The molecular formula is C26H23NO7. The molecule has 8 heteroatoms. The first-order chi connectivity index (χ1) is 16.3. The molecule has 1 aromatic heterocycles. The zero-order chi connectivity index (χ0) is 24.2. The highest BCUT2D eigenvalue weighted by Gasteiger charge is 2.36. The molecule has 1 amide bonds. The summed E-state index contributed by atoms with van der Waals surface area (Å²) in [7, 11) is 0. The normalized spacial score (nSPS) is 15.3. The summed E-state index contributed by atoms with van der Waals surface area (Å²) in [6.07, 6.45) is 1.40. The van der Waals surface area contributed by atoms with Crippen molar-refractivity contribution in [3.05, 3.63) is 83.3 Å². The van der Waals surface area contributed by atoms with Crippen molar-refractivity contribution in [1.82, 2.24) is 0 Å². The summed E-state index contributed by atoms with van der Waals surface area (Å²) in [5.41, 5.74) is 3.11. The number of furan rings is 1. The number of aryl methyl sites for hydroxylation is 2. The number of carbonyl (C=O) groups excluding carboxylic acids is 4. The second kappa shape index (κ2) is 9.74. The number of amides is 1. The number of ketones is 1. The lowest BCUT2D eigenvalue weighted by Crippen LogP contribution is -2.27. The minimum Gasteiger partial charge on any atom is -0.457 e. The van der Waals surface area contributed by atoms with E-state index >= 15 is 0 Å². The SMILES string of the molecule is Cc1ccc(N2C[C@@H](C(=O)OCC(=O)c3ccc(OC(=O)c4ccco4)cc3)CC2=O)c(C)c1. The molecule has 3 aromatic rings. The highest BCUT2D eigenvalue weighted by atomic mass is 16.5. The van der Waals surface area contributed by atoms with Crippen LogP contribution in [-0.4, -0.2) is 36.8 Å². The Balaban J connectivity index is 1.30. The number of hydrogen-bond acceptors (Lipinski definition) is 7. The molecule has 0 N–H and O–H groups in total. The molecule has 1 aliphatic heterocycles. The van der Waals surface area contributed by atoms with Crippen LogP contribution in [0.5, 0.6) is 5.75 Å². The van der Waals surface area contributed by atoms with Crippen molar-refractivity contribution in [3.8, 4) is 5.75 Å². The molecule has 1 aliphatic rings. The van der Waals surface area contributed by atoms with Crippen LogP contribution in [0.1, 0.15) is 38.5 Å². The van der Waals surface area contributed by atoms with Crippen LogP contribution in [0.15, 0.2) is 65.3 Å². The Bertz CT molecular complexity index is 1230. The molecule has 1 atom stereocenters. The van der Waals surface area contributed by atoms with Gasteiger partial charge in [0.1, 0.15) is 5.75 Å². The van der Waals surface area contributed by atoms with Crippen LogP contribution >= 0.6 is 0 Å². The molecule has 0 aliphatic carbocycles. The Hall–Kier alpha value is -4.20. The monoisotopic (exact) mass is 461 g/mol. The van der Waals surface area contributed by atoms with E-state index in [0.717, 1.165) is 16.8 Å². The van der Waals surface area contributed by atoms with Gasteiger partial charge in [0.15, 0.2) is 12.4 Å². The number of rotatable bonds is 7. The van der Waals surface area contributed by atoms with Crippen LogP contribution in [-0.2, 0) is 14.3 Å². The van der Waals surface area contributed by atoms with Gasteiger partial charge in [0.25, 0.3) is 0 Å². The first-order valence-corrected chi connectivity index (χ1v) is 10.7. The Labute approximate surface area is 196 Å². The van der Waals surface area contributed by atoms with E-state index in [1.54, 1.807) is 11.0 Å². The van der Waals surface area contributed by atoms with Crippen molar-refractivity contribution in [2.75, 3.05) is 18.1 Å². The third-order valence-electron chi connectivity index (χ3n) is 5.56. The van der Waals surface area contributed by atoms with Crippen molar-refractivity contribution >= 4 is 29.3 Å². The minimum atomic E-state index is -0.654. The molecule has 0 bridgehead atoms. The van der Waals surface area contributed by atoms with Gasteiger partial charge in [-0.2, -0.15) is 0 Å². The molecule has 1 fully saturated rings. The fourth-order valence-corrected chi connectivity index (χ4v) is 3.81. The zero-order valence-corrected chi connectivity index (χ0v) is 18.8. The molecule has 34 heavy (non-hydrogen) atoms. The largest absolute Gasteiger partial charge is 0.457 e. The summed E-state index contributed by atoms with van der Waals surface area (Å²) < 4.78 is 15.3. The third kappa shape index (κ3) is 5.06. The quantitative estimate of drug-likeness (QED) is 0.299. The minimum absolute atomic E-state index is 0.0378. The number of esters is 2. The maximum Gasteiger partial charge on any atom is 0.379 e. The zero-order valence-electron chi connectivity index (χ0n) is 18.8. The van der Waals surface area contributed by atoms with E-state index in [4.69, 9.17) is 13.9 Å². The van der Waals surface area contributed by atoms with Gasteiger partial charge in [-0.05, 0) is 61.9 Å². The summed E-state index contributed by atoms with van der Waals surface area (Å²) in [4.78, 5) is 50.9. The van der Waals surface area contributed by atoms with E-state index in [9.17, 15) is 19.2 Å². The van der Waals surface area contributed by atoms with Crippen molar-refractivity contribution in [2.45, 2.75) is 20.3 Å². The van der Waals surface area contributed by atoms with Crippen molar-refractivity contribution in [3.63, 3.8) is 0 Å². The molecular weight excluding hydrogens is 438 g/mol. The van der Waals surface area contributed by atoms with Crippen molar-refractivity contribution in [2.24, 2.45) is 5.92 Å². The first-order valence-electron chi connectivity index (χ1n) is 10.7. The topological polar surface area (TPSA) is 103 Å². The lowest BCUT2D eigenvalue weighted by molar-refractivity contribution is -0.147. The highest BCUT2D eigenvalue weighted by molar-refractivity contribution is 6.01. The van der Waals surface area contributed by atoms with Gasteiger partial charge in [-0.3, -0.25) is 14.4 Å². The molecule has 0 unspecified atom stereocenters. The molecule has 1 saturated heterocycles. The van der Waals surface area contributed by atoms with Gasteiger partial charge in [-0.1, -0.05) is 17.7 Å². The summed E-state index contributed by atoms with van der Waals surface area (Å²) in [5.74, 6) is -2.13. The number of anilines is 1. The lowest BCUT2D eigenvalue weighted by Gasteiger charge is -2.19. The van der Waals surface area contributed by atoms with E-state index in [2.05, 4.69) is 0 Å². The Morgan fingerprint density at radius 3 is 2.50 bits per heavy atom. The van der Waals surface area contributed by atoms with Crippen molar-refractivity contribution < 1.29 is 33.1 Å². The summed E-state index contributed by atoms with van der Waals surface area (Å²) in [5, 5.41) is 0. The number of hydrogen-bond donors (Lipinski definition) is 0. The Morgan fingerprint density at radius 2 is 1.82 bits per heavy atom. The van der Waals surface area contributed by atoms with Gasteiger partial charge < -0.3 is 18.8 Å². The van der Waals surface area contributed by atoms with E-state index in [1.165, 1.54) is 36.6 Å². The second-order valence-electron chi connectivity index (χ2n) is 8.12. The Kier molecular flexibility index (Phi) is 6.58. The van der Waals surface area contributed by atoms with Crippen LogP contribution < -0.4 is 9.64 Å². The first kappa shape index (κ1) is 23.0. The van der Waals surface area contributed by atoms with Gasteiger partial charge >= 0.3 is 11.9 Å². The van der Waals surface area contributed by atoms with E-state index in [0.29, 0.717) is 5.56 Å². The summed E-state index contributed by atoms with van der Waals surface area (Å²) in [6.45, 7) is 3.66. The van der Waals surface area contributed by atoms with Crippen LogP contribution in [0, 0.1) is 19.8 Å². The van der Waals surface area contributed by atoms with Crippen LogP contribution in [0.25, 0.3) is 0 Å². The molecule has 0 spiro atoms. The highest BCUT2D eigenvalue weighted by Crippen LogP contribution is 2.29. The molecule has 2 heterocycles. The maximum absolute atomic E-state index is 12.5. The van der Waals surface area contributed by atoms with Gasteiger partial charge in [-0.15, -0.1) is 0 Å². The average molecular weight is 461 g/mol. The average Bonchev–Trinajstić information content (AvgIpc) is 3.48. The molecule has 0 radical (unpaired) electrons. The lowest BCUT2D eigenvalue weighted by atomic mass is 10.1. The predicted octanol–water partition coefficient (Wildman–Crippen LogP) is 3.89. The summed E-state index contributed by atoms with van der Waals surface area (Å²) >= 11 is 0. The molecule has 2 aromatic carbocycles. The number of carbonyl (C=O) groups is 4. The number of benzene rings is 2. The van der Waals surface area contributed by atoms with Gasteiger partial charge in [0, 0.05) is 24.2 Å². The predicted molar refractivity (Wildman–Crippen MR) is 122 cm³/mol. The smallest absolute Gasteiger partial charge is 0.379 e. The van der Waals surface area contributed by atoms with Crippen LogP contribution in [0.2, 0.25) is 0 Å².